The van der Waals surface area contributed by atoms with Gasteiger partial charge in [0.25, 0.3) is 5.92 Å². The number of hydrogen-bond acceptors (Lipinski definition) is 6. The molecular weight excluding hydrogens is 446 g/mol. The third kappa shape index (κ3) is 10.7. The number of amides is 1. The average molecular weight is 485 g/mol. The summed E-state index contributed by atoms with van der Waals surface area (Å²) in [5.74, 6) is -4.39. The Labute approximate surface area is 200 Å². The van der Waals surface area contributed by atoms with Crippen LogP contribution in [0, 0.1) is 0 Å². The summed E-state index contributed by atoms with van der Waals surface area (Å²) in [5, 5.41) is 15.0. The minimum atomic E-state index is -3.18. The van der Waals surface area contributed by atoms with Crippen molar-refractivity contribution in [3.63, 3.8) is 0 Å². The van der Waals surface area contributed by atoms with Gasteiger partial charge in [0, 0.05) is 31.9 Å². The molecule has 192 valence electrons. The molecule has 1 atom stereocenters. The molecule has 0 bridgehead atoms. The summed E-state index contributed by atoms with van der Waals surface area (Å²) in [7, 11) is 0. The molecule has 2 rings (SSSR count). The van der Waals surface area contributed by atoms with Crippen LogP contribution in [0.1, 0.15) is 57.2 Å². The SMILES string of the molecule is CCOCCN(CCCCc1ccc2c(n1)NCCC2)CCC(NC(=O)CC(C)(F)F)C(=O)O. The first-order valence-electron chi connectivity index (χ1n) is 12.1. The molecule has 2 heterocycles. The van der Waals surface area contributed by atoms with Crippen molar-refractivity contribution in [2.45, 2.75) is 70.8 Å². The predicted molar refractivity (Wildman–Crippen MR) is 126 cm³/mol. The molecule has 34 heavy (non-hydrogen) atoms. The van der Waals surface area contributed by atoms with Crippen molar-refractivity contribution < 1.29 is 28.2 Å². The molecule has 0 aliphatic carbocycles. The van der Waals surface area contributed by atoms with Crippen LogP contribution >= 0.6 is 0 Å². The zero-order valence-corrected chi connectivity index (χ0v) is 20.2. The number of carbonyl (C=O) groups excluding carboxylic acids is 1. The molecule has 0 aromatic carbocycles. The van der Waals surface area contributed by atoms with E-state index in [9.17, 15) is 23.5 Å². The first-order chi connectivity index (χ1) is 16.2. The van der Waals surface area contributed by atoms with Gasteiger partial charge in [-0.2, -0.15) is 0 Å². The van der Waals surface area contributed by atoms with Gasteiger partial charge < -0.3 is 25.4 Å². The molecule has 1 amide bonds. The van der Waals surface area contributed by atoms with Crippen LogP contribution < -0.4 is 10.6 Å². The maximum atomic E-state index is 13.1. The van der Waals surface area contributed by atoms with Crippen LogP contribution in [-0.2, 0) is 27.2 Å². The van der Waals surface area contributed by atoms with E-state index in [2.05, 4.69) is 27.7 Å². The predicted octanol–water partition coefficient (Wildman–Crippen LogP) is 3.11. The van der Waals surface area contributed by atoms with Gasteiger partial charge in [-0.05, 0) is 70.5 Å². The summed E-state index contributed by atoms with van der Waals surface area (Å²) in [5.41, 5.74) is 2.32. The third-order valence-electron chi connectivity index (χ3n) is 5.70. The summed E-state index contributed by atoms with van der Waals surface area (Å²) in [6.45, 7) is 6.38. The molecule has 1 unspecified atom stereocenters. The highest BCUT2D eigenvalue weighted by Gasteiger charge is 2.28. The molecule has 0 spiro atoms. The van der Waals surface area contributed by atoms with Crippen molar-refractivity contribution in [1.29, 1.82) is 0 Å². The standard InChI is InChI=1S/C24H38F2N4O4/c1-3-34-16-15-30(14-11-20(23(32)33)29-21(31)17-24(2,25)26)13-5-4-8-19-10-9-18-7-6-12-27-22(18)28-19/h9-10,20H,3-8,11-17H2,1-2H3,(H,27,28)(H,29,31)(H,32,33). The Balaban J connectivity index is 1.82. The number of nitrogens with zero attached hydrogens (tertiary/aromatic N) is 2. The van der Waals surface area contributed by atoms with Gasteiger partial charge in [-0.25, -0.2) is 18.6 Å². The Morgan fingerprint density at radius 1 is 1.29 bits per heavy atom. The highest BCUT2D eigenvalue weighted by atomic mass is 19.3. The van der Waals surface area contributed by atoms with Crippen LogP contribution in [0.4, 0.5) is 14.6 Å². The number of fused-ring (bicyclic) bond motifs is 1. The van der Waals surface area contributed by atoms with Crippen LogP contribution in [0.15, 0.2) is 12.1 Å². The lowest BCUT2D eigenvalue weighted by molar-refractivity contribution is -0.143. The largest absolute Gasteiger partial charge is 0.480 e. The molecule has 8 nitrogen and oxygen atoms in total. The fourth-order valence-corrected chi connectivity index (χ4v) is 3.92. The number of unbranched alkanes of at least 4 members (excludes halogenated alkanes) is 1. The number of alkyl halides is 2. The van der Waals surface area contributed by atoms with Crippen LogP contribution in [-0.4, -0.2) is 78.2 Å². The van der Waals surface area contributed by atoms with E-state index < -0.39 is 30.3 Å². The maximum Gasteiger partial charge on any atom is 0.326 e. The lowest BCUT2D eigenvalue weighted by Gasteiger charge is -2.24. The second-order valence-corrected chi connectivity index (χ2v) is 8.83. The molecule has 0 radical (unpaired) electrons. The molecule has 10 heteroatoms. The van der Waals surface area contributed by atoms with Gasteiger partial charge in [-0.15, -0.1) is 0 Å². The Morgan fingerprint density at radius 2 is 2.09 bits per heavy atom. The van der Waals surface area contributed by atoms with Crippen LogP contribution in [0.2, 0.25) is 0 Å². The fourth-order valence-electron chi connectivity index (χ4n) is 3.92. The Bertz CT molecular complexity index is 789. The lowest BCUT2D eigenvalue weighted by Crippen LogP contribution is -2.44. The summed E-state index contributed by atoms with van der Waals surface area (Å²) < 4.78 is 31.5. The third-order valence-corrected chi connectivity index (χ3v) is 5.70. The number of ether oxygens (including phenoxy) is 1. The first kappa shape index (κ1) is 27.9. The van der Waals surface area contributed by atoms with Gasteiger partial charge in [0.1, 0.15) is 11.9 Å². The van der Waals surface area contributed by atoms with Crippen LogP contribution in [0.5, 0.6) is 0 Å². The first-order valence-corrected chi connectivity index (χ1v) is 12.1. The number of pyridine rings is 1. The number of aliphatic carboxylic acids is 1. The van der Waals surface area contributed by atoms with E-state index >= 15 is 0 Å². The van der Waals surface area contributed by atoms with E-state index in [0.717, 1.165) is 56.7 Å². The van der Waals surface area contributed by atoms with Crippen molar-refractivity contribution in [2.24, 2.45) is 0 Å². The number of nitrogens with one attached hydrogen (secondary N) is 2. The van der Waals surface area contributed by atoms with Gasteiger partial charge >= 0.3 is 5.97 Å². The molecule has 0 fully saturated rings. The van der Waals surface area contributed by atoms with Crippen molar-refractivity contribution in [1.82, 2.24) is 15.2 Å². The molecule has 1 aromatic rings. The topological polar surface area (TPSA) is 104 Å². The smallest absolute Gasteiger partial charge is 0.326 e. The molecular formula is C24H38F2N4O4. The number of carboxylic acids is 1. The number of rotatable bonds is 16. The maximum absolute atomic E-state index is 13.1. The number of carbonyl (C=O) groups is 2. The van der Waals surface area contributed by atoms with E-state index in [-0.39, 0.29) is 6.42 Å². The minimum absolute atomic E-state index is 0.126. The number of hydrogen-bond donors (Lipinski definition) is 3. The number of anilines is 1. The van der Waals surface area contributed by atoms with E-state index in [1.54, 1.807) is 0 Å². The Morgan fingerprint density at radius 3 is 2.79 bits per heavy atom. The number of aryl methyl sites for hydroxylation is 2. The lowest BCUT2D eigenvalue weighted by atomic mass is 10.1. The van der Waals surface area contributed by atoms with Gasteiger partial charge in [0.15, 0.2) is 0 Å². The van der Waals surface area contributed by atoms with Gasteiger partial charge in [0.05, 0.1) is 13.0 Å². The van der Waals surface area contributed by atoms with E-state index in [1.165, 1.54) is 5.56 Å². The average Bonchev–Trinajstić information content (AvgIpc) is 2.77. The van der Waals surface area contributed by atoms with Gasteiger partial charge in [-0.1, -0.05) is 6.07 Å². The molecule has 0 saturated heterocycles. The summed E-state index contributed by atoms with van der Waals surface area (Å²) in [6, 6.07) is 3.02. The number of carboxylic acid groups (broad SMARTS) is 1. The Kier molecular flexibility index (Phi) is 11.6. The summed E-state index contributed by atoms with van der Waals surface area (Å²) in [6.07, 6.45) is 3.96. The molecule has 1 aromatic heterocycles. The van der Waals surface area contributed by atoms with Crippen molar-refractivity contribution in [3.05, 3.63) is 23.4 Å². The normalized spacial score (nSPS) is 14.4. The second-order valence-electron chi connectivity index (χ2n) is 8.83. The quantitative estimate of drug-likeness (QED) is 0.310. The summed E-state index contributed by atoms with van der Waals surface area (Å²) in [4.78, 5) is 30.1. The van der Waals surface area contributed by atoms with Crippen molar-refractivity contribution in [2.75, 3.05) is 44.7 Å². The highest BCUT2D eigenvalue weighted by Crippen LogP contribution is 2.20. The van der Waals surface area contributed by atoms with E-state index in [1.807, 2.05) is 6.92 Å². The fraction of sp³-hybridized carbons (Fsp3) is 0.708. The number of aromatic nitrogens is 1. The van der Waals surface area contributed by atoms with Crippen LogP contribution in [0.3, 0.4) is 0 Å². The van der Waals surface area contributed by atoms with E-state index in [4.69, 9.17) is 9.72 Å². The molecule has 1 aliphatic rings. The molecule has 1 aliphatic heterocycles. The van der Waals surface area contributed by atoms with Gasteiger partial charge in [0.2, 0.25) is 5.91 Å². The minimum Gasteiger partial charge on any atom is -0.480 e. The monoisotopic (exact) mass is 484 g/mol. The molecule has 0 saturated carbocycles. The molecule has 3 N–H and O–H groups in total. The number of halogens is 2. The summed E-state index contributed by atoms with van der Waals surface area (Å²) >= 11 is 0. The van der Waals surface area contributed by atoms with Crippen molar-refractivity contribution >= 4 is 17.7 Å². The Hall–Kier alpha value is -2.33. The second kappa shape index (κ2) is 14.2. The van der Waals surface area contributed by atoms with Crippen LogP contribution in [0.25, 0.3) is 0 Å². The van der Waals surface area contributed by atoms with Gasteiger partial charge in [-0.3, -0.25) is 4.79 Å². The zero-order chi connectivity index (χ0) is 25.0. The van der Waals surface area contributed by atoms with Crippen molar-refractivity contribution in [3.8, 4) is 0 Å². The highest BCUT2D eigenvalue weighted by molar-refractivity contribution is 5.83. The zero-order valence-electron chi connectivity index (χ0n) is 20.2. The van der Waals surface area contributed by atoms with E-state index in [0.29, 0.717) is 33.2 Å².